The van der Waals surface area contributed by atoms with Crippen LogP contribution in [0.5, 0.6) is 0 Å². The fourth-order valence-electron chi connectivity index (χ4n) is 2.47. The smallest absolute Gasteiger partial charge is 0.234 e. The molecule has 0 saturated heterocycles. The van der Waals surface area contributed by atoms with Crippen LogP contribution in [0.4, 0.5) is 0 Å². The minimum atomic E-state index is 0.0508. The number of carbonyl (C=O) groups excluding carboxylic acids is 1. The lowest BCUT2D eigenvalue weighted by molar-refractivity contribution is -0.120. The van der Waals surface area contributed by atoms with Crippen molar-refractivity contribution in [3.8, 4) is 0 Å². The molecule has 1 aromatic rings. The van der Waals surface area contributed by atoms with Crippen molar-refractivity contribution in [2.45, 2.75) is 51.1 Å². The molecule has 0 unspecified atom stereocenters. The standard InChI is InChI=1S/C15H23N3O/c19-15(18-11-14-9-5-6-10-16-14)12-17-13-7-3-1-2-4-8-13/h5-6,9-10,13,17H,1-4,7-8,11-12H2,(H,18,19). The van der Waals surface area contributed by atoms with Crippen LogP contribution < -0.4 is 10.6 Å². The number of aromatic nitrogens is 1. The Balaban J connectivity index is 1.64. The second-order valence-electron chi connectivity index (χ2n) is 5.17. The van der Waals surface area contributed by atoms with Crippen LogP contribution in [0.25, 0.3) is 0 Å². The van der Waals surface area contributed by atoms with Crippen molar-refractivity contribution >= 4 is 5.91 Å². The summed E-state index contributed by atoms with van der Waals surface area (Å²) in [6.07, 6.45) is 9.39. The van der Waals surface area contributed by atoms with Gasteiger partial charge in [-0.05, 0) is 25.0 Å². The number of carbonyl (C=O) groups is 1. The van der Waals surface area contributed by atoms with E-state index in [1.54, 1.807) is 6.20 Å². The Labute approximate surface area is 115 Å². The highest BCUT2D eigenvalue weighted by Crippen LogP contribution is 2.16. The first-order valence-corrected chi connectivity index (χ1v) is 7.24. The van der Waals surface area contributed by atoms with E-state index in [2.05, 4.69) is 15.6 Å². The van der Waals surface area contributed by atoms with E-state index in [9.17, 15) is 4.79 Å². The van der Waals surface area contributed by atoms with Crippen LogP contribution in [0.1, 0.15) is 44.2 Å². The summed E-state index contributed by atoms with van der Waals surface area (Å²) < 4.78 is 0. The second kappa shape index (κ2) is 7.89. The molecule has 19 heavy (non-hydrogen) atoms. The number of hydrogen-bond donors (Lipinski definition) is 2. The molecule has 0 radical (unpaired) electrons. The van der Waals surface area contributed by atoms with Crippen molar-refractivity contribution in [3.63, 3.8) is 0 Å². The van der Waals surface area contributed by atoms with Gasteiger partial charge in [0, 0.05) is 12.2 Å². The molecule has 104 valence electrons. The van der Waals surface area contributed by atoms with Gasteiger partial charge in [-0.15, -0.1) is 0 Å². The molecule has 2 N–H and O–H groups in total. The van der Waals surface area contributed by atoms with E-state index in [0.29, 0.717) is 19.1 Å². The Morgan fingerprint density at radius 3 is 2.68 bits per heavy atom. The second-order valence-corrected chi connectivity index (χ2v) is 5.17. The topological polar surface area (TPSA) is 54.0 Å². The summed E-state index contributed by atoms with van der Waals surface area (Å²) in [6.45, 7) is 0.920. The molecule has 1 amide bonds. The highest BCUT2D eigenvalue weighted by Gasteiger charge is 2.12. The molecule has 0 aliphatic heterocycles. The molecule has 0 aromatic carbocycles. The van der Waals surface area contributed by atoms with Crippen LogP contribution in [0.15, 0.2) is 24.4 Å². The molecule has 0 spiro atoms. The molecule has 2 rings (SSSR count). The zero-order valence-corrected chi connectivity index (χ0v) is 11.4. The third-order valence-corrected chi connectivity index (χ3v) is 3.60. The van der Waals surface area contributed by atoms with E-state index < -0.39 is 0 Å². The maximum atomic E-state index is 11.7. The van der Waals surface area contributed by atoms with Gasteiger partial charge in [0.2, 0.25) is 5.91 Å². The number of rotatable bonds is 5. The Morgan fingerprint density at radius 1 is 1.21 bits per heavy atom. The summed E-state index contributed by atoms with van der Waals surface area (Å²) in [6, 6.07) is 6.24. The summed E-state index contributed by atoms with van der Waals surface area (Å²) in [4.78, 5) is 15.9. The van der Waals surface area contributed by atoms with Gasteiger partial charge >= 0.3 is 0 Å². The molecule has 1 aliphatic carbocycles. The molecule has 1 heterocycles. The van der Waals surface area contributed by atoms with Crippen molar-refractivity contribution in [1.29, 1.82) is 0 Å². The fraction of sp³-hybridized carbons (Fsp3) is 0.600. The Kier molecular flexibility index (Phi) is 5.82. The summed E-state index contributed by atoms with van der Waals surface area (Å²) in [5.41, 5.74) is 0.894. The highest BCUT2D eigenvalue weighted by atomic mass is 16.1. The van der Waals surface area contributed by atoms with Crippen molar-refractivity contribution in [3.05, 3.63) is 30.1 Å². The fourth-order valence-corrected chi connectivity index (χ4v) is 2.47. The van der Waals surface area contributed by atoms with Gasteiger partial charge in [-0.2, -0.15) is 0 Å². The first kappa shape index (κ1) is 14.0. The van der Waals surface area contributed by atoms with Gasteiger partial charge in [0.05, 0.1) is 18.8 Å². The van der Waals surface area contributed by atoms with Crippen LogP contribution in [0.3, 0.4) is 0 Å². The van der Waals surface area contributed by atoms with Crippen molar-refractivity contribution in [1.82, 2.24) is 15.6 Å². The minimum absolute atomic E-state index is 0.0508. The molecule has 0 atom stereocenters. The molecular formula is C15H23N3O. The Hall–Kier alpha value is -1.42. The molecule has 1 aliphatic rings. The Bertz CT molecular complexity index is 372. The monoisotopic (exact) mass is 261 g/mol. The van der Waals surface area contributed by atoms with Crippen molar-refractivity contribution < 1.29 is 4.79 Å². The lowest BCUT2D eigenvalue weighted by atomic mass is 10.1. The van der Waals surface area contributed by atoms with E-state index in [-0.39, 0.29) is 5.91 Å². The van der Waals surface area contributed by atoms with E-state index in [1.807, 2.05) is 18.2 Å². The Morgan fingerprint density at radius 2 is 2.00 bits per heavy atom. The third-order valence-electron chi connectivity index (χ3n) is 3.60. The summed E-state index contributed by atoms with van der Waals surface area (Å²) in [5, 5.41) is 6.26. The summed E-state index contributed by atoms with van der Waals surface area (Å²) in [5.74, 6) is 0.0508. The molecule has 4 nitrogen and oxygen atoms in total. The van der Waals surface area contributed by atoms with Gasteiger partial charge in [0.25, 0.3) is 0 Å². The maximum Gasteiger partial charge on any atom is 0.234 e. The van der Waals surface area contributed by atoms with E-state index in [1.165, 1.54) is 38.5 Å². The number of pyridine rings is 1. The lowest BCUT2D eigenvalue weighted by Gasteiger charge is -2.15. The number of hydrogen-bond acceptors (Lipinski definition) is 3. The largest absolute Gasteiger partial charge is 0.349 e. The SMILES string of the molecule is O=C(CNC1CCCCCC1)NCc1ccccn1. The van der Waals surface area contributed by atoms with Crippen LogP contribution in [-0.2, 0) is 11.3 Å². The van der Waals surface area contributed by atoms with Crippen molar-refractivity contribution in [2.24, 2.45) is 0 Å². The lowest BCUT2D eigenvalue weighted by Crippen LogP contribution is -2.38. The van der Waals surface area contributed by atoms with Crippen LogP contribution in [0.2, 0.25) is 0 Å². The quantitative estimate of drug-likeness (QED) is 0.797. The minimum Gasteiger partial charge on any atom is -0.349 e. The third kappa shape index (κ3) is 5.39. The summed E-state index contributed by atoms with van der Waals surface area (Å²) in [7, 11) is 0. The predicted octanol–water partition coefficient (Wildman–Crippen LogP) is 2.01. The summed E-state index contributed by atoms with van der Waals surface area (Å²) >= 11 is 0. The van der Waals surface area contributed by atoms with E-state index in [0.717, 1.165) is 5.69 Å². The number of nitrogens with one attached hydrogen (secondary N) is 2. The average molecular weight is 261 g/mol. The molecular weight excluding hydrogens is 238 g/mol. The van der Waals surface area contributed by atoms with Gasteiger partial charge in [-0.25, -0.2) is 0 Å². The number of amides is 1. The van der Waals surface area contributed by atoms with Gasteiger partial charge in [-0.3, -0.25) is 9.78 Å². The van der Waals surface area contributed by atoms with Crippen LogP contribution in [-0.4, -0.2) is 23.5 Å². The highest BCUT2D eigenvalue weighted by molar-refractivity contribution is 5.77. The molecule has 0 bridgehead atoms. The predicted molar refractivity (Wildman–Crippen MR) is 75.6 cm³/mol. The van der Waals surface area contributed by atoms with Crippen LogP contribution >= 0.6 is 0 Å². The first-order chi connectivity index (χ1) is 9.34. The van der Waals surface area contributed by atoms with Gasteiger partial charge in [-0.1, -0.05) is 31.7 Å². The molecule has 1 fully saturated rings. The van der Waals surface area contributed by atoms with Gasteiger partial charge in [0.1, 0.15) is 0 Å². The average Bonchev–Trinajstić information content (AvgIpc) is 2.73. The number of nitrogens with zero attached hydrogens (tertiary/aromatic N) is 1. The van der Waals surface area contributed by atoms with Gasteiger partial charge in [0.15, 0.2) is 0 Å². The first-order valence-electron chi connectivity index (χ1n) is 7.24. The van der Waals surface area contributed by atoms with Crippen LogP contribution in [0, 0.1) is 0 Å². The van der Waals surface area contributed by atoms with E-state index in [4.69, 9.17) is 0 Å². The normalized spacial score (nSPS) is 16.8. The molecule has 1 aromatic heterocycles. The van der Waals surface area contributed by atoms with E-state index >= 15 is 0 Å². The molecule has 1 saturated carbocycles. The van der Waals surface area contributed by atoms with Crippen molar-refractivity contribution in [2.75, 3.05) is 6.54 Å². The van der Waals surface area contributed by atoms with Gasteiger partial charge < -0.3 is 10.6 Å². The molecule has 4 heteroatoms. The maximum absolute atomic E-state index is 11.7. The zero-order chi connectivity index (χ0) is 13.3. The zero-order valence-electron chi connectivity index (χ0n) is 11.4.